The van der Waals surface area contributed by atoms with Crippen molar-refractivity contribution in [2.75, 3.05) is 6.54 Å². The van der Waals surface area contributed by atoms with Gasteiger partial charge in [-0.05, 0) is 36.8 Å². The van der Waals surface area contributed by atoms with Gasteiger partial charge in [0, 0.05) is 6.54 Å². The van der Waals surface area contributed by atoms with Crippen molar-refractivity contribution < 1.29 is 17.6 Å². The van der Waals surface area contributed by atoms with Crippen LogP contribution >= 0.6 is 0 Å². The summed E-state index contributed by atoms with van der Waals surface area (Å²) in [7, 11) is -3.64. The summed E-state index contributed by atoms with van der Waals surface area (Å²) in [5.74, 6) is 1.21. The number of carbonyl (C=O) groups excluding carboxylic acids is 1. The molecule has 112 valence electrons. The van der Waals surface area contributed by atoms with Crippen molar-refractivity contribution >= 4 is 16.3 Å². The van der Waals surface area contributed by atoms with E-state index < -0.39 is 10.0 Å². The molecule has 1 aliphatic carbocycles. The molecule has 0 amide bonds. The maximum absolute atomic E-state index is 12.0. The summed E-state index contributed by atoms with van der Waals surface area (Å²) in [5.41, 5.74) is 0. The lowest BCUT2D eigenvalue weighted by atomic mass is 9.81. The average molecular weight is 299 g/mol. The van der Waals surface area contributed by atoms with Crippen LogP contribution in [0.2, 0.25) is 0 Å². The topological polar surface area (TPSA) is 76.4 Å². The molecule has 1 aliphatic rings. The fourth-order valence-electron chi connectivity index (χ4n) is 2.68. The molecule has 1 saturated carbocycles. The molecule has 0 radical (unpaired) electrons. The molecular formula is C14H21NO4S. The molecule has 0 atom stereocenters. The Bertz CT molecular complexity index is 541. The number of carbonyl (C=O) groups is 1. The largest absolute Gasteiger partial charge is 0.440 e. The van der Waals surface area contributed by atoms with Crippen LogP contribution in [0, 0.1) is 11.8 Å². The van der Waals surface area contributed by atoms with Gasteiger partial charge in [-0.25, -0.2) is 13.1 Å². The molecule has 20 heavy (non-hydrogen) atoms. The Balaban J connectivity index is 1.88. The minimum absolute atomic E-state index is 0.0221. The third-order valence-corrected chi connectivity index (χ3v) is 5.38. The molecule has 1 aromatic rings. The van der Waals surface area contributed by atoms with Gasteiger partial charge in [0.25, 0.3) is 10.0 Å². The number of rotatable bonds is 6. The van der Waals surface area contributed by atoms with E-state index in [0.717, 1.165) is 18.8 Å². The van der Waals surface area contributed by atoms with Gasteiger partial charge in [0.1, 0.15) is 0 Å². The molecule has 2 rings (SSSR count). The van der Waals surface area contributed by atoms with E-state index in [0.29, 0.717) is 18.7 Å². The van der Waals surface area contributed by atoms with Crippen LogP contribution in [-0.4, -0.2) is 21.2 Å². The molecular weight excluding hydrogens is 278 g/mol. The zero-order chi connectivity index (χ0) is 14.6. The Morgan fingerprint density at radius 2 is 1.90 bits per heavy atom. The third-order valence-electron chi connectivity index (χ3n) is 4.09. The van der Waals surface area contributed by atoms with Gasteiger partial charge in [0.15, 0.2) is 12.0 Å². The van der Waals surface area contributed by atoms with Crippen LogP contribution in [0.3, 0.4) is 0 Å². The smallest absolute Gasteiger partial charge is 0.273 e. The zero-order valence-corrected chi connectivity index (χ0v) is 12.5. The Morgan fingerprint density at radius 3 is 2.45 bits per heavy atom. The molecule has 6 heteroatoms. The van der Waals surface area contributed by atoms with E-state index in [1.54, 1.807) is 0 Å². The van der Waals surface area contributed by atoms with Gasteiger partial charge in [-0.15, -0.1) is 0 Å². The minimum Gasteiger partial charge on any atom is -0.440 e. The van der Waals surface area contributed by atoms with Gasteiger partial charge in [0.05, 0.1) is 0 Å². The number of nitrogens with one attached hydrogen (secondary N) is 1. The fourth-order valence-corrected chi connectivity index (χ4v) is 3.74. The van der Waals surface area contributed by atoms with Crippen LogP contribution in [0.1, 0.15) is 49.6 Å². The van der Waals surface area contributed by atoms with E-state index in [1.165, 1.54) is 31.4 Å². The number of aldehydes is 1. The summed E-state index contributed by atoms with van der Waals surface area (Å²) in [4.78, 5) is 10.5. The Hall–Kier alpha value is -1.14. The second-order valence-corrected chi connectivity index (χ2v) is 7.12. The first-order valence-electron chi connectivity index (χ1n) is 7.10. The van der Waals surface area contributed by atoms with Crippen molar-refractivity contribution in [1.29, 1.82) is 0 Å². The number of sulfonamides is 1. The monoisotopic (exact) mass is 299 g/mol. The quantitative estimate of drug-likeness (QED) is 0.819. The van der Waals surface area contributed by atoms with Gasteiger partial charge in [0.2, 0.25) is 5.09 Å². The Labute approximate surface area is 119 Å². The SMILES string of the molecule is CCC1CCC(CNS(=O)(=O)c2ccc(C=O)o2)CC1. The first-order chi connectivity index (χ1) is 9.55. The van der Waals surface area contributed by atoms with Crippen molar-refractivity contribution in [2.45, 2.75) is 44.1 Å². The van der Waals surface area contributed by atoms with Crippen LogP contribution < -0.4 is 4.72 Å². The molecule has 1 aromatic heterocycles. The maximum Gasteiger partial charge on any atom is 0.273 e. The highest BCUT2D eigenvalue weighted by Gasteiger charge is 2.23. The predicted molar refractivity (Wildman–Crippen MR) is 75.0 cm³/mol. The van der Waals surface area contributed by atoms with E-state index >= 15 is 0 Å². The lowest BCUT2D eigenvalue weighted by Crippen LogP contribution is -2.31. The van der Waals surface area contributed by atoms with Crippen LogP contribution in [0.25, 0.3) is 0 Å². The average Bonchev–Trinajstić information content (AvgIpc) is 2.95. The minimum atomic E-state index is -3.64. The maximum atomic E-state index is 12.0. The van der Waals surface area contributed by atoms with Crippen LogP contribution in [-0.2, 0) is 10.0 Å². The predicted octanol–water partition coefficient (Wildman–Crippen LogP) is 2.59. The molecule has 0 unspecified atom stereocenters. The molecule has 0 aromatic carbocycles. The molecule has 0 bridgehead atoms. The lowest BCUT2D eigenvalue weighted by molar-refractivity contribution is 0.109. The molecule has 0 aliphatic heterocycles. The summed E-state index contributed by atoms with van der Waals surface area (Å²) >= 11 is 0. The van der Waals surface area contributed by atoms with E-state index in [2.05, 4.69) is 11.6 Å². The van der Waals surface area contributed by atoms with Crippen LogP contribution in [0.4, 0.5) is 0 Å². The molecule has 0 saturated heterocycles. The van der Waals surface area contributed by atoms with Crippen LogP contribution in [0.15, 0.2) is 21.6 Å². The van der Waals surface area contributed by atoms with Gasteiger partial charge in [-0.3, -0.25) is 4.79 Å². The van der Waals surface area contributed by atoms with Crippen molar-refractivity contribution in [3.63, 3.8) is 0 Å². The third kappa shape index (κ3) is 3.70. The number of hydrogen-bond acceptors (Lipinski definition) is 4. The summed E-state index contributed by atoms with van der Waals surface area (Å²) in [6, 6.07) is 2.66. The van der Waals surface area contributed by atoms with Gasteiger partial charge in [-0.1, -0.05) is 26.2 Å². The molecule has 1 heterocycles. The highest BCUT2D eigenvalue weighted by Crippen LogP contribution is 2.30. The zero-order valence-electron chi connectivity index (χ0n) is 11.7. The van der Waals surface area contributed by atoms with Crippen molar-refractivity contribution in [1.82, 2.24) is 4.72 Å². The van der Waals surface area contributed by atoms with Crippen molar-refractivity contribution in [2.24, 2.45) is 11.8 Å². The first-order valence-corrected chi connectivity index (χ1v) is 8.58. The summed E-state index contributed by atoms with van der Waals surface area (Å²) < 4.78 is 31.5. The van der Waals surface area contributed by atoms with Gasteiger partial charge < -0.3 is 4.42 Å². The normalized spacial score (nSPS) is 23.6. The summed E-state index contributed by atoms with van der Waals surface area (Å²) in [5, 5.41) is -0.193. The van der Waals surface area contributed by atoms with E-state index in [-0.39, 0.29) is 10.9 Å². The number of hydrogen-bond donors (Lipinski definition) is 1. The van der Waals surface area contributed by atoms with E-state index in [1.807, 2.05) is 0 Å². The standard InChI is InChI=1S/C14H21NO4S/c1-2-11-3-5-12(6-4-11)9-15-20(17,18)14-8-7-13(10-16)19-14/h7-8,10-12,15H,2-6,9H2,1H3. The number of furan rings is 1. The molecule has 1 fully saturated rings. The van der Waals surface area contributed by atoms with Crippen molar-refractivity contribution in [3.8, 4) is 0 Å². The lowest BCUT2D eigenvalue weighted by Gasteiger charge is -2.27. The first kappa shape index (κ1) is 15.3. The summed E-state index contributed by atoms with van der Waals surface area (Å²) in [6.45, 7) is 2.64. The second-order valence-electron chi connectivity index (χ2n) is 5.42. The Morgan fingerprint density at radius 1 is 1.25 bits per heavy atom. The highest BCUT2D eigenvalue weighted by molar-refractivity contribution is 7.89. The fraction of sp³-hybridized carbons (Fsp3) is 0.643. The van der Waals surface area contributed by atoms with E-state index in [9.17, 15) is 13.2 Å². The second kappa shape index (κ2) is 6.54. The van der Waals surface area contributed by atoms with Gasteiger partial charge in [-0.2, -0.15) is 0 Å². The Kier molecular flexibility index (Phi) is 4.99. The molecule has 5 nitrogen and oxygen atoms in total. The van der Waals surface area contributed by atoms with Crippen molar-refractivity contribution in [3.05, 3.63) is 17.9 Å². The summed E-state index contributed by atoms with van der Waals surface area (Å²) in [6.07, 6.45) is 6.19. The van der Waals surface area contributed by atoms with Gasteiger partial charge >= 0.3 is 0 Å². The highest BCUT2D eigenvalue weighted by atomic mass is 32.2. The molecule has 0 spiro atoms. The molecule has 1 N–H and O–H groups in total. The van der Waals surface area contributed by atoms with Crippen LogP contribution in [0.5, 0.6) is 0 Å². The van der Waals surface area contributed by atoms with E-state index in [4.69, 9.17) is 4.42 Å².